The molecule has 1 aromatic heterocycles. The molecule has 1 aliphatic heterocycles. The molecular formula is C19H23N3O3S. The van der Waals surface area contributed by atoms with Gasteiger partial charge in [0.15, 0.2) is 0 Å². The number of ether oxygens (including phenoxy) is 1. The largest absolute Gasteiger partial charge is 0.497 e. The van der Waals surface area contributed by atoms with E-state index in [4.69, 9.17) is 4.74 Å². The number of thiophene rings is 1. The highest BCUT2D eigenvalue weighted by Crippen LogP contribution is 2.24. The van der Waals surface area contributed by atoms with E-state index in [1.165, 1.54) is 10.4 Å². The van der Waals surface area contributed by atoms with Crippen molar-refractivity contribution < 1.29 is 14.3 Å². The van der Waals surface area contributed by atoms with Gasteiger partial charge >= 0.3 is 6.03 Å². The lowest BCUT2D eigenvalue weighted by atomic mass is 10.1. The molecule has 0 fully saturated rings. The molecule has 0 saturated carbocycles. The molecule has 0 spiro atoms. The summed E-state index contributed by atoms with van der Waals surface area (Å²) in [7, 11) is 1.62. The number of urea groups is 1. The number of hydrogen-bond donors (Lipinski definition) is 2. The van der Waals surface area contributed by atoms with Crippen molar-refractivity contribution in [1.82, 2.24) is 15.5 Å². The Morgan fingerprint density at radius 1 is 1.19 bits per heavy atom. The standard InChI is InChI=1S/C19H23N3O3S/c1-25-16-4-2-14(3-5-16)12-21-19(24)20-9-6-18(23)22-10-7-17-15(13-22)8-11-26-17/h2-5,8,11H,6-7,9-10,12-13H2,1H3,(H2,20,21,24). The van der Waals surface area contributed by atoms with Gasteiger partial charge in [-0.3, -0.25) is 4.79 Å². The SMILES string of the molecule is COc1ccc(CNC(=O)NCCC(=O)N2CCc3sccc3C2)cc1. The summed E-state index contributed by atoms with van der Waals surface area (Å²) < 4.78 is 5.10. The number of nitrogens with one attached hydrogen (secondary N) is 2. The zero-order valence-electron chi connectivity index (χ0n) is 14.8. The molecule has 26 heavy (non-hydrogen) atoms. The second kappa shape index (κ2) is 8.71. The van der Waals surface area contributed by atoms with Gasteiger partial charge in [0.05, 0.1) is 7.11 Å². The molecule has 0 aliphatic carbocycles. The van der Waals surface area contributed by atoms with Crippen LogP contribution in [0.25, 0.3) is 0 Å². The summed E-state index contributed by atoms with van der Waals surface area (Å²) in [5.74, 6) is 0.862. The maximum atomic E-state index is 12.3. The predicted octanol–water partition coefficient (Wildman–Crippen LogP) is 2.53. The van der Waals surface area contributed by atoms with E-state index in [9.17, 15) is 9.59 Å². The van der Waals surface area contributed by atoms with Crippen molar-refractivity contribution in [2.75, 3.05) is 20.2 Å². The van der Waals surface area contributed by atoms with Crippen molar-refractivity contribution >= 4 is 23.3 Å². The second-order valence-electron chi connectivity index (χ2n) is 6.14. The minimum atomic E-state index is -0.271. The lowest BCUT2D eigenvalue weighted by molar-refractivity contribution is -0.131. The molecule has 6 nitrogen and oxygen atoms in total. The van der Waals surface area contributed by atoms with Gasteiger partial charge in [0.25, 0.3) is 0 Å². The van der Waals surface area contributed by atoms with E-state index >= 15 is 0 Å². The molecule has 3 amide bonds. The van der Waals surface area contributed by atoms with Gasteiger partial charge < -0.3 is 20.3 Å². The third kappa shape index (κ3) is 4.76. The number of rotatable bonds is 6. The van der Waals surface area contributed by atoms with E-state index in [1.54, 1.807) is 18.4 Å². The van der Waals surface area contributed by atoms with Crippen LogP contribution in [0.15, 0.2) is 35.7 Å². The monoisotopic (exact) mass is 373 g/mol. The maximum absolute atomic E-state index is 12.3. The number of hydrogen-bond acceptors (Lipinski definition) is 4. The van der Waals surface area contributed by atoms with E-state index in [0.29, 0.717) is 26.1 Å². The summed E-state index contributed by atoms with van der Waals surface area (Å²) >= 11 is 1.76. The summed E-state index contributed by atoms with van der Waals surface area (Å²) in [6.45, 7) is 2.20. The van der Waals surface area contributed by atoms with Crippen molar-refractivity contribution in [2.24, 2.45) is 0 Å². The first kappa shape index (κ1) is 18.3. The van der Waals surface area contributed by atoms with Crippen LogP contribution in [0.3, 0.4) is 0 Å². The Balaban J connectivity index is 1.35. The number of benzene rings is 1. The summed E-state index contributed by atoms with van der Waals surface area (Å²) in [6.07, 6.45) is 1.24. The van der Waals surface area contributed by atoms with Crippen LogP contribution in [0, 0.1) is 0 Å². The zero-order valence-corrected chi connectivity index (χ0v) is 15.6. The minimum Gasteiger partial charge on any atom is -0.497 e. The topological polar surface area (TPSA) is 70.7 Å². The molecule has 0 atom stereocenters. The van der Waals surface area contributed by atoms with Gasteiger partial charge in [-0.25, -0.2) is 4.79 Å². The fourth-order valence-electron chi connectivity index (χ4n) is 2.89. The Hall–Kier alpha value is -2.54. The molecule has 2 N–H and O–H groups in total. The van der Waals surface area contributed by atoms with E-state index in [-0.39, 0.29) is 11.9 Å². The van der Waals surface area contributed by atoms with Gasteiger partial charge in [0, 0.05) is 37.5 Å². The van der Waals surface area contributed by atoms with Crippen LogP contribution in [0.5, 0.6) is 5.75 Å². The van der Waals surface area contributed by atoms with Crippen LogP contribution < -0.4 is 15.4 Å². The number of fused-ring (bicyclic) bond motifs is 1. The highest BCUT2D eigenvalue weighted by molar-refractivity contribution is 7.10. The number of methoxy groups -OCH3 is 1. The van der Waals surface area contributed by atoms with Crippen LogP contribution in [-0.2, 0) is 24.3 Å². The Bertz CT molecular complexity index is 758. The number of carbonyl (C=O) groups is 2. The van der Waals surface area contributed by atoms with E-state index in [0.717, 1.165) is 24.3 Å². The Kier molecular flexibility index (Phi) is 6.12. The average Bonchev–Trinajstić information content (AvgIpc) is 3.14. The highest BCUT2D eigenvalue weighted by atomic mass is 32.1. The molecule has 3 rings (SSSR count). The summed E-state index contributed by atoms with van der Waals surface area (Å²) in [5.41, 5.74) is 2.23. The van der Waals surface area contributed by atoms with Crippen molar-refractivity contribution in [1.29, 1.82) is 0 Å². The van der Waals surface area contributed by atoms with Crippen LogP contribution in [0.2, 0.25) is 0 Å². The van der Waals surface area contributed by atoms with Crippen LogP contribution >= 0.6 is 11.3 Å². The third-order valence-corrected chi connectivity index (χ3v) is 5.42. The molecule has 138 valence electrons. The quantitative estimate of drug-likeness (QED) is 0.817. The Labute approximate surface area is 157 Å². The van der Waals surface area contributed by atoms with E-state index in [1.807, 2.05) is 29.2 Å². The smallest absolute Gasteiger partial charge is 0.315 e. The molecule has 1 aromatic carbocycles. The Morgan fingerprint density at radius 2 is 2.00 bits per heavy atom. The lowest BCUT2D eigenvalue weighted by Crippen LogP contribution is -2.40. The predicted molar refractivity (Wildman–Crippen MR) is 101 cm³/mol. The molecule has 0 unspecified atom stereocenters. The first-order valence-electron chi connectivity index (χ1n) is 8.63. The summed E-state index contributed by atoms with van der Waals surface area (Å²) in [4.78, 5) is 27.4. The molecular weight excluding hydrogens is 350 g/mol. The average molecular weight is 373 g/mol. The van der Waals surface area contributed by atoms with Crippen molar-refractivity contribution in [2.45, 2.75) is 25.9 Å². The first-order chi connectivity index (χ1) is 12.7. The molecule has 7 heteroatoms. The molecule has 2 heterocycles. The highest BCUT2D eigenvalue weighted by Gasteiger charge is 2.21. The maximum Gasteiger partial charge on any atom is 0.315 e. The van der Waals surface area contributed by atoms with E-state index < -0.39 is 0 Å². The fourth-order valence-corrected chi connectivity index (χ4v) is 3.78. The first-order valence-corrected chi connectivity index (χ1v) is 9.51. The molecule has 1 aliphatic rings. The molecule has 0 saturated heterocycles. The number of nitrogens with zero attached hydrogens (tertiary/aromatic N) is 1. The molecule has 2 aromatic rings. The van der Waals surface area contributed by atoms with Gasteiger partial charge in [-0.1, -0.05) is 12.1 Å². The fraction of sp³-hybridized carbons (Fsp3) is 0.368. The Morgan fingerprint density at radius 3 is 2.77 bits per heavy atom. The van der Waals surface area contributed by atoms with Crippen molar-refractivity contribution in [3.05, 3.63) is 51.7 Å². The van der Waals surface area contributed by atoms with E-state index in [2.05, 4.69) is 22.1 Å². The molecule has 0 radical (unpaired) electrons. The van der Waals surface area contributed by atoms with Crippen LogP contribution in [0.4, 0.5) is 4.79 Å². The van der Waals surface area contributed by atoms with Crippen molar-refractivity contribution in [3.63, 3.8) is 0 Å². The van der Waals surface area contributed by atoms with Gasteiger partial charge in [0.1, 0.15) is 5.75 Å². The molecule has 0 bridgehead atoms. The normalized spacial score (nSPS) is 13.0. The third-order valence-electron chi connectivity index (χ3n) is 4.40. The second-order valence-corrected chi connectivity index (χ2v) is 7.14. The minimum absolute atomic E-state index is 0.0808. The summed E-state index contributed by atoms with van der Waals surface area (Å²) in [6, 6.07) is 9.32. The van der Waals surface area contributed by atoms with Crippen LogP contribution in [0.1, 0.15) is 22.4 Å². The zero-order chi connectivity index (χ0) is 18.4. The van der Waals surface area contributed by atoms with Gasteiger partial charge in [-0.2, -0.15) is 0 Å². The van der Waals surface area contributed by atoms with Gasteiger partial charge in [0.2, 0.25) is 5.91 Å². The number of amides is 3. The van der Waals surface area contributed by atoms with Gasteiger partial charge in [-0.15, -0.1) is 11.3 Å². The van der Waals surface area contributed by atoms with Crippen molar-refractivity contribution in [3.8, 4) is 5.75 Å². The van der Waals surface area contributed by atoms with Gasteiger partial charge in [-0.05, 0) is 41.1 Å². The van der Waals surface area contributed by atoms with Crippen LogP contribution in [-0.4, -0.2) is 37.0 Å². The summed E-state index contributed by atoms with van der Waals surface area (Å²) in [5, 5.41) is 7.60. The lowest BCUT2D eigenvalue weighted by Gasteiger charge is -2.27. The number of carbonyl (C=O) groups excluding carboxylic acids is 2.